The van der Waals surface area contributed by atoms with Crippen LogP contribution in [0.2, 0.25) is 0 Å². The number of amides is 1. The lowest BCUT2D eigenvalue weighted by Crippen LogP contribution is -2.29. The first kappa shape index (κ1) is 17.7. The summed E-state index contributed by atoms with van der Waals surface area (Å²) in [5, 5.41) is 10.5. The molecule has 0 atom stereocenters. The Bertz CT molecular complexity index is 740. The minimum absolute atomic E-state index is 0.0131. The highest BCUT2D eigenvalue weighted by Gasteiger charge is 2.10. The summed E-state index contributed by atoms with van der Waals surface area (Å²) in [6, 6.07) is 5.70. The lowest BCUT2D eigenvalue weighted by Gasteiger charge is -2.06. The first-order valence-corrected chi connectivity index (χ1v) is 7.85. The van der Waals surface area contributed by atoms with E-state index in [0.29, 0.717) is 19.6 Å². The third kappa shape index (κ3) is 4.95. The fourth-order valence-electron chi connectivity index (χ4n) is 1.92. The molecule has 1 heterocycles. The van der Waals surface area contributed by atoms with E-state index in [4.69, 9.17) is 16.2 Å². The molecule has 0 saturated carbocycles. The molecule has 0 saturated heterocycles. The number of nitrogens with two attached hydrogens (primary N) is 2. The molecular weight excluding hydrogens is 378 g/mol. The Morgan fingerprint density at radius 3 is 2.92 bits per heavy atom. The molecule has 2 rings (SSSR count). The molecule has 2 aromatic rings. The van der Waals surface area contributed by atoms with E-state index in [9.17, 15) is 4.79 Å². The maximum Gasteiger partial charge on any atom is 0.273 e. The Kier molecular flexibility index (Phi) is 6.13. The maximum atomic E-state index is 11.9. The Morgan fingerprint density at radius 2 is 2.25 bits per heavy atom. The predicted octanol–water partition coefficient (Wildman–Crippen LogP) is 0.101. The van der Waals surface area contributed by atoms with E-state index in [1.165, 1.54) is 0 Å². The second kappa shape index (κ2) is 8.29. The fourth-order valence-corrected chi connectivity index (χ4v) is 2.51. The smallest absolute Gasteiger partial charge is 0.273 e. The van der Waals surface area contributed by atoms with Crippen molar-refractivity contribution in [3.63, 3.8) is 0 Å². The van der Waals surface area contributed by atoms with Crippen LogP contribution in [0.5, 0.6) is 5.75 Å². The van der Waals surface area contributed by atoms with Gasteiger partial charge in [-0.2, -0.15) is 0 Å². The summed E-state index contributed by atoms with van der Waals surface area (Å²) < 4.78 is 7.62. The van der Waals surface area contributed by atoms with Gasteiger partial charge in [0.15, 0.2) is 11.7 Å². The second-order valence-electron chi connectivity index (χ2n) is 4.83. The van der Waals surface area contributed by atoms with E-state index in [1.807, 2.05) is 18.2 Å². The van der Waals surface area contributed by atoms with Crippen LogP contribution in [0.15, 0.2) is 33.9 Å². The van der Waals surface area contributed by atoms with E-state index in [0.717, 1.165) is 15.8 Å². The van der Waals surface area contributed by atoms with Crippen molar-refractivity contribution in [2.75, 3.05) is 20.2 Å². The molecule has 0 spiro atoms. The van der Waals surface area contributed by atoms with Crippen LogP contribution in [0, 0.1) is 0 Å². The number of halogens is 1. The van der Waals surface area contributed by atoms with E-state index >= 15 is 0 Å². The van der Waals surface area contributed by atoms with E-state index in [-0.39, 0.29) is 17.6 Å². The van der Waals surface area contributed by atoms with Crippen LogP contribution >= 0.6 is 15.9 Å². The number of nitrogens with zero attached hydrogens (tertiary/aromatic N) is 4. The van der Waals surface area contributed by atoms with Gasteiger partial charge in [0, 0.05) is 6.54 Å². The lowest BCUT2D eigenvalue weighted by molar-refractivity contribution is 0.0949. The van der Waals surface area contributed by atoms with Gasteiger partial charge in [0.2, 0.25) is 0 Å². The monoisotopic (exact) mass is 395 g/mol. The van der Waals surface area contributed by atoms with Crippen LogP contribution in [-0.2, 0) is 6.54 Å². The van der Waals surface area contributed by atoms with Crippen LogP contribution in [0.1, 0.15) is 16.1 Å². The largest absolute Gasteiger partial charge is 0.496 e. The summed E-state index contributed by atoms with van der Waals surface area (Å²) in [4.78, 5) is 15.7. The number of ether oxygens (including phenoxy) is 1. The summed E-state index contributed by atoms with van der Waals surface area (Å²) in [5.74, 6) is 0.405. The summed E-state index contributed by atoms with van der Waals surface area (Å²) in [6.45, 7) is 1.11. The van der Waals surface area contributed by atoms with Gasteiger partial charge in [0.25, 0.3) is 5.91 Å². The molecule has 1 amide bonds. The highest BCUT2D eigenvalue weighted by molar-refractivity contribution is 9.10. The van der Waals surface area contributed by atoms with Gasteiger partial charge in [-0.1, -0.05) is 11.3 Å². The highest BCUT2D eigenvalue weighted by Crippen LogP contribution is 2.25. The molecule has 24 heavy (non-hydrogen) atoms. The molecule has 128 valence electrons. The molecule has 0 unspecified atom stereocenters. The third-order valence-corrected chi connectivity index (χ3v) is 3.64. The van der Waals surface area contributed by atoms with Crippen molar-refractivity contribution in [2.24, 2.45) is 16.5 Å². The van der Waals surface area contributed by atoms with Crippen molar-refractivity contribution < 1.29 is 9.53 Å². The molecule has 5 N–H and O–H groups in total. The van der Waals surface area contributed by atoms with Crippen molar-refractivity contribution in [3.05, 3.63) is 40.1 Å². The Balaban J connectivity index is 1.94. The van der Waals surface area contributed by atoms with Gasteiger partial charge in [0.05, 0.1) is 30.9 Å². The molecule has 0 aliphatic heterocycles. The van der Waals surface area contributed by atoms with E-state index in [2.05, 4.69) is 36.6 Å². The molecular formula is C14H18BrN7O2. The number of nitrogens with one attached hydrogen (secondary N) is 1. The van der Waals surface area contributed by atoms with Crippen LogP contribution in [0.4, 0.5) is 0 Å². The van der Waals surface area contributed by atoms with Gasteiger partial charge < -0.3 is 21.5 Å². The summed E-state index contributed by atoms with van der Waals surface area (Å²) in [6.07, 6.45) is 1.58. The standard InChI is InChI=1S/C14H18BrN7O2/c1-24-12-3-2-9(6-10(12)15)7-22-8-11(20-21-22)13(23)18-4-5-19-14(16)17/h2-3,6,8H,4-5,7H2,1H3,(H,18,23)(H4,16,17,19). The molecule has 1 aromatic carbocycles. The van der Waals surface area contributed by atoms with Crippen molar-refractivity contribution in [2.45, 2.75) is 6.54 Å². The van der Waals surface area contributed by atoms with Crippen LogP contribution in [0.25, 0.3) is 0 Å². The van der Waals surface area contributed by atoms with Crippen molar-refractivity contribution in [3.8, 4) is 5.75 Å². The van der Waals surface area contributed by atoms with Gasteiger partial charge >= 0.3 is 0 Å². The minimum Gasteiger partial charge on any atom is -0.496 e. The number of aliphatic imine (C=N–C) groups is 1. The summed E-state index contributed by atoms with van der Waals surface area (Å²) in [7, 11) is 1.61. The third-order valence-electron chi connectivity index (χ3n) is 3.02. The zero-order chi connectivity index (χ0) is 17.5. The first-order valence-electron chi connectivity index (χ1n) is 7.05. The van der Waals surface area contributed by atoms with E-state index < -0.39 is 0 Å². The number of hydrogen-bond donors (Lipinski definition) is 3. The Labute approximate surface area is 147 Å². The lowest BCUT2D eigenvalue weighted by atomic mass is 10.2. The van der Waals surface area contributed by atoms with Gasteiger partial charge in [-0.25, -0.2) is 4.68 Å². The number of benzene rings is 1. The average Bonchev–Trinajstić information content (AvgIpc) is 3.00. The molecule has 9 nitrogen and oxygen atoms in total. The van der Waals surface area contributed by atoms with Crippen LogP contribution in [-0.4, -0.2) is 47.1 Å². The number of carbonyl (C=O) groups excluding carboxylic acids is 1. The number of carbonyl (C=O) groups is 1. The number of methoxy groups -OCH3 is 1. The van der Waals surface area contributed by atoms with Crippen LogP contribution < -0.4 is 21.5 Å². The number of hydrogen-bond acceptors (Lipinski definition) is 5. The number of rotatable bonds is 7. The summed E-state index contributed by atoms with van der Waals surface area (Å²) in [5.41, 5.74) is 11.6. The second-order valence-corrected chi connectivity index (χ2v) is 5.69. The fraction of sp³-hybridized carbons (Fsp3) is 0.286. The molecule has 0 bridgehead atoms. The average molecular weight is 396 g/mol. The molecule has 0 aliphatic rings. The molecule has 0 fully saturated rings. The first-order chi connectivity index (χ1) is 11.5. The quantitative estimate of drug-likeness (QED) is 0.345. The summed E-state index contributed by atoms with van der Waals surface area (Å²) >= 11 is 3.43. The zero-order valence-corrected chi connectivity index (χ0v) is 14.7. The normalized spacial score (nSPS) is 10.2. The van der Waals surface area contributed by atoms with E-state index in [1.54, 1.807) is 18.0 Å². The Morgan fingerprint density at radius 1 is 1.46 bits per heavy atom. The van der Waals surface area contributed by atoms with Gasteiger partial charge in [-0.3, -0.25) is 9.79 Å². The zero-order valence-electron chi connectivity index (χ0n) is 13.1. The number of aromatic nitrogens is 3. The van der Waals surface area contributed by atoms with Crippen molar-refractivity contribution >= 4 is 27.8 Å². The maximum absolute atomic E-state index is 11.9. The Hall–Kier alpha value is -2.62. The topological polar surface area (TPSA) is 133 Å². The highest BCUT2D eigenvalue weighted by atomic mass is 79.9. The van der Waals surface area contributed by atoms with Gasteiger partial charge in [-0.05, 0) is 33.6 Å². The SMILES string of the molecule is COc1ccc(Cn2cc(C(=O)NCCN=C(N)N)nn2)cc1Br. The number of guanidine groups is 1. The predicted molar refractivity (Wildman–Crippen MR) is 92.8 cm³/mol. The molecule has 0 radical (unpaired) electrons. The van der Waals surface area contributed by atoms with Crippen molar-refractivity contribution in [1.29, 1.82) is 0 Å². The van der Waals surface area contributed by atoms with Gasteiger partial charge in [0.1, 0.15) is 5.75 Å². The van der Waals surface area contributed by atoms with Gasteiger partial charge in [-0.15, -0.1) is 5.10 Å². The van der Waals surface area contributed by atoms with Crippen LogP contribution in [0.3, 0.4) is 0 Å². The molecule has 1 aromatic heterocycles. The molecule has 10 heteroatoms. The van der Waals surface area contributed by atoms with Crippen molar-refractivity contribution in [1.82, 2.24) is 20.3 Å². The molecule has 0 aliphatic carbocycles. The minimum atomic E-state index is -0.331.